The summed E-state index contributed by atoms with van der Waals surface area (Å²) in [5.74, 6) is 1.87. The van der Waals surface area contributed by atoms with Gasteiger partial charge in [-0.2, -0.15) is 0 Å². The van der Waals surface area contributed by atoms with Gasteiger partial charge in [0.25, 0.3) is 0 Å². The van der Waals surface area contributed by atoms with E-state index in [9.17, 15) is 10.0 Å². The molecule has 0 bridgehead atoms. The first-order valence-corrected chi connectivity index (χ1v) is 9.68. The van der Waals surface area contributed by atoms with Gasteiger partial charge in [0, 0.05) is 24.2 Å². The number of aryl methyl sites for hydroxylation is 1. The summed E-state index contributed by atoms with van der Waals surface area (Å²) in [6.07, 6.45) is 5.48. The highest BCUT2D eigenvalue weighted by molar-refractivity contribution is 5.98. The van der Waals surface area contributed by atoms with Crippen LogP contribution in [0, 0.1) is 18.0 Å². The van der Waals surface area contributed by atoms with Crippen molar-refractivity contribution >= 4 is 17.3 Å². The molecule has 1 aliphatic carbocycles. The number of hydrogen-bond acceptors (Lipinski definition) is 5. The van der Waals surface area contributed by atoms with E-state index in [2.05, 4.69) is 4.98 Å². The van der Waals surface area contributed by atoms with Crippen LogP contribution in [0.5, 0.6) is 5.75 Å². The summed E-state index contributed by atoms with van der Waals surface area (Å²) in [7, 11) is 1.53. The minimum atomic E-state index is 0.129. The van der Waals surface area contributed by atoms with Gasteiger partial charge >= 0.3 is 0 Å². The number of ether oxygens (including phenoxy) is 1. The van der Waals surface area contributed by atoms with Crippen molar-refractivity contribution < 1.29 is 9.53 Å². The number of rotatable bonds is 5. The molecular weight excluding hydrogens is 342 g/mol. The standard InChI is InChI=1S/C21H26N3O3/c1-14-8-9-17(10-16(14)12-23(2)26)24-13-27-19-11-18(22-21(19)24)20(25)15-6-4-3-5-7-15/h8-11,15,22H,3-7,12-13H2,1-2H3/q-1. The summed E-state index contributed by atoms with van der Waals surface area (Å²) in [5.41, 5.74) is 3.67. The van der Waals surface area contributed by atoms with Crippen LogP contribution in [0.2, 0.25) is 0 Å². The lowest BCUT2D eigenvalue weighted by Crippen LogP contribution is -2.20. The SMILES string of the molecule is Cc1ccc(N2COc3cc(C(=O)C4CCCCC4)[nH]c32)cc1CN(C)[O-]. The van der Waals surface area contributed by atoms with Crippen LogP contribution in [-0.2, 0) is 6.54 Å². The third kappa shape index (κ3) is 3.59. The molecule has 0 unspecified atom stereocenters. The molecule has 0 amide bonds. The molecule has 2 aliphatic rings. The Morgan fingerprint density at radius 2 is 2.07 bits per heavy atom. The zero-order valence-corrected chi connectivity index (χ0v) is 16.0. The molecule has 0 atom stereocenters. The molecule has 6 heteroatoms. The number of hydrogen-bond donors (Lipinski definition) is 1. The van der Waals surface area contributed by atoms with Crippen LogP contribution in [0.1, 0.15) is 53.7 Å². The van der Waals surface area contributed by atoms with Crippen molar-refractivity contribution in [2.24, 2.45) is 5.92 Å². The van der Waals surface area contributed by atoms with Crippen LogP contribution in [0.3, 0.4) is 0 Å². The molecule has 1 N–H and O–H groups in total. The maximum atomic E-state index is 12.8. The van der Waals surface area contributed by atoms with Gasteiger partial charge in [-0.1, -0.05) is 25.3 Å². The quantitative estimate of drug-likeness (QED) is 0.621. The van der Waals surface area contributed by atoms with Crippen LogP contribution in [0.15, 0.2) is 24.3 Å². The molecule has 27 heavy (non-hydrogen) atoms. The molecule has 144 valence electrons. The number of aromatic amines is 1. The Balaban J connectivity index is 1.58. The maximum absolute atomic E-state index is 12.8. The lowest BCUT2D eigenvalue weighted by atomic mass is 9.85. The Kier molecular flexibility index (Phi) is 4.93. The first kappa shape index (κ1) is 18.1. The zero-order valence-electron chi connectivity index (χ0n) is 16.0. The summed E-state index contributed by atoms with van der Waals surface area (Å²) >= 11 is 0. The number of anilines is 2. The number of nitrogens with zero attached hydrogens (tertiary/aromatic N) is 2. The van der Waals surface area contributed by atoms with Crippen molar-refractivity contribution in [1.82, 2.24) is 10.0 Å². The maximum Gasteiger partial charge on any atom is 0.182 e. The Morgan fingerprint density at radius 1 is 1.30 bits per heavy atom. The first-order chi connectivity index (χ1) is 13.0. The van der Waals surface area contributed by atoms with Gasteiger partial charge in [-0.25, -0.2) is 0 Å². The smallest absolute Gasteiger partial charge is 0.182 e. The van der Waals surface area contributed by atoms with E-state index in [4.69, 9.17) is 4.74 Å². The predicted octanol–water partition coefficient (Wildman–Crippen LogP) is 4.50. The zero-order chi connectivity index (χ0) is 19.0. The lowest BCUT2D eigenvalue weighted by molar-refractivity contribution is 0.0884. The van der Waals surface area contributed by atoms with Crippen molar-refractivity contribution in [1.29, 1.82) is 0 Å². The predicted molar refractivity (Wildman–Crippen MR) is 105 cm³/mol. The monoisotopic (exact) mass is 368 g/mol. The topological polar surface area (TPSA) is 71.6 Å². The van der Waals surface area contributed by atoms with Gasteiger partial charge in [0.2, 0.25) is 0 Å². The molecular formula is C21H26N3O3-. The fraction of sp³-hybridized carbons (Fsp3) is 0.476. The van der Waals surface area contributed by atoms with E-state index in [1.54, 1.807) is 0 Å². The average molecular weight is 368 g/mol. The van der Waals surface area contributed by atoms with Gasteiger partial charge in [-0.3, -0.25) is 9.69 Å². The third-order valence-electron chi connectivity index (χ3n) is 5.66. The average Bonchev–Trinajstić information content (AvgIpc) is 3.24. The van der Waals surface area contributed by atoms with Gasteiger partial charge in [-0.15, -0.1) is 0 Å². The van der Waals surface area contributed by atoms with Crippen LogP contribution >= 0.6 is 0 Å². The van der Waals surface area contributed by atoms with E-state index in [0.29, 0.717) is 19.0 Å². The Bertz CT molecular complexity index is 837. The van der Waals surface area contributed by atoms with Crippen molar-refractivity contribution in [2.75, 3.05) is 18.7 Å². The largest absolute Gasteiger partial charge is 0.785 e. The number of benzene rings is 1. The van der Waals surface area contributed by atoms with Gasteiger partial charge in [0.15, 0.2) is 24.1 Å². The van der Waals surface area contributed by atoms with E-state index in [0.717, 1.165) is 59.1 Å². The molecule has 2 heterocycles. The number of carbonyl (C=O) groups is 1. The normalized spacial score (nSPS) is 17.3. The molecule has 1 aromatic heterocycles. The van der Waals surface area contributed by atoms with Gasteiger partial charge < -0.3 is 20.0 Å². The van der Waals surface area contributed by atoms with Crippen LogP contribution in [-0.4, -0.2) is 29.6 Å². The summed E-state index contributed by atoms with van der Waals surface area (Å²) in [4.78, 5) is 18.1. The summed E-state index contributed by atoms with van der Waals surface area (Å²) in [5, 5.41) is 12.4. The fourth-order valence-electron chi connectivity index (χ4n) is 4.09. The number of Topliss-reactive ketones (excluding diaryl/α,β-unsaturated/α-hetero) is 1. The van der Waals surface area contributed by atoms with Gasteiger partial charge in [0.1, 0.15) is 0 Å². The van der Waals surface area contributed by atoms with Gasteiger partial charge in [-0.05, 0) is 50.1 Å². The molecule has 0 radical (unpaired) electrons. The fourth-order valence-corrected chi connectivity index (χ4v) is 4.09. The van der Waals surface area contributed by atoms with Crippen molar-refractivity contribution in [3.8, 4) is 5.75 Å². The molecule has 0 saturated heterocycles. The van der Waals surface area contributed by atoms with E-state index in [1.165, 1.54) is 13.5 Å². The Labute approximate surface area is 159 Å². The summed E-state index contributed by atoms with van der Waals surface area (Å²) in [6, 6.07) is 7.90. The van der Waals surface area contributed by atoms with Crippen molar-refractivity contribution in [3.05, 3.63) is 46.3 Å². The molecule has 0 spiro atoms. The molecule has 4 rings (SSSR count). The minimum absolute atomic E-state index is 0.129. The number of carbonyl (C=O) groups excluding carboxylic acids is 1. The van der Waals surface area contributed by atoms with E-state index < -0.39 is 0 Å². The number of nitrogens with one attached hydrogen (secondary N) is 1. The molecule has 6 nitrogen and oxygen atoms in total. The highest BCUT2D eigenvalue weighted by atomic mass is 16.5. The Hall–Kier alpha value is -2.31. The minimum Gasteiger partial charge on any atom is -0.785 e. The molecule has 1 aliphatic heterocycles. The number of aromatic nitrogens is 1. The van der Waals surface area contributed by atoms with E-state index in [1.807, 2.05) is 36.1 Å². The first-order valence-electron chi connectivity index (χ1n) is 9.68. The van der Waals surface area contributed by atoms with Crippen LogP contribution in [0.25, 0.3) is 0 Å². The van der Waals surface area contributed by atoms with Crippen LogP contribution in [0.4, 0.5) is 11.5 Å². The number of hydroxylamine groups is 2. The number of ketones is 1. The van der Waals surface area contributed by atoms with Gasteiger partial charge in [0.05, 0.1) is 5.69 Å². The highest BCUT2D eigenvalue weighted by Gasteiger charge is 2.30. The molecule has 1 saturated carbocycles. The second-order valence-electron chi connectivity index (χ2n) is 7.69. The number of H-pyrrole nitrogens is 1. The Morgan fingerprint density at radius 3 is 2.81 bits per heavy atom. The lowest BCUT2D eigenvalue weighted by Gasteiger charge is -2.24. The summed E-state index contributed by atoms with van der Waals surface area (Å²) in [6.45, 7) is 2.75. The van der Waals surface area contributed by atoms with Crippen LogP contribution < -0.4 is 9.64 Å². The second-order valence-corrected chi connectivity index (χ2v) is 7.69. The molecule has 1 fully saturated rings. The van der Waals surface area contributed by atoms with Crippen molar-refractivity contribution in [2.45, 2.75) is 45.6 Å². The van der Waals surface area contributed by atoms with E-state index in [-0.39, 0.29) is 11.7 Å². The van der Waals surface area contributed by atoms with Crippen molar-refractivity contribution in [3.63, 3.8) is 0 Å². The molecule has 1 aromatic carbocycles. The van der Waals surface area contributed by atoms with E-state index >= 15 is 0 Å². The highest BCUT2D eigenvalue weighted by Crippen LogP contribution is 2.40. The molecule has 2 aromatic rings. The second kappa shape index (κ2) is 7.37. The summed E-state index contributed by atoms with van der Waals surface area (Å²) < 4.78 is 5.81. The number of fused-ring (bicyclic) bond motifs is 1. The third-order valence-corrected chi connectivity index (χ3v) is 5.66.